The molecule has 4 nitrogen and oxygen atoms in total. The Morgan fingerprint density at radius 2 is 1.61 bits per heavy atom. The Kier molecular flexibility index (Phi) is 6.87. The number of fused-ring (bicyclic) bond motifs is 1. The van der Waals surface area contributed by atoms with E-state index in [0.717, 1.165) is 22.3 Å². The summed E-state index contributed by atoms with van der Waals surface area (Å²) >= 11 is 6.43. The second kappa shape index (κ2) is 10.3. The molecule has 0 fully saturated rings. The Hall–Kier alpha value is -4.22. The van der Waals surface area contributed by atoms with Gasteiger partial charge in [0.2, 0.25) is 0 Å². The molecule has 1 amide bonds. The number of aromatic nitrogens is 1. The number of rotatable bonds is 5. The number of amides is 1. The summed E-state index contributed by atoms with van der Waals surface area (Å²) in [4.78, 5) is 28.2. The Morgan fingerprint density at radius 3 is 2.29 bits per heavy atom. The van der Waals surface area contributed by atoms with Crippen molar-refractivity contribution in [3.05, 3.63) is 134 Å². The van der Waals surface area contributed by atoms with Gasteiger partial charge in [0.25, 0.3) is 11.5 Å². The van der Waals surface area contributed by atoms with Crippen LogP contribution in [0, 0.1) is 26.6 Å². The molecule has 0 atom stereocenters. The molecule has 0 radical (unpaired) electrons. The largest absolute Gasteiger partial charge is 0.321 e. The molecular weight excluding hydrogens is 499 g/mol. The first-order valence-corrected chi connectivity index (χ1v) is 12.7. The Labute approximate surface area is 225 Å². The monoisotopic (exact) mass is 524 g/mol. The van der Waals surface area contributed by atoms with Gasteiger partial charge < -0.3 is 9.88 Å². The van der Waals surface area contributed by atoms with E-state index in [0.29, 0.717) is 32.7 Å². The van der Waals surface area contributed by atoms with Crippen molar-refractivity contribution in [2.24, 2.45) is 0 Å². The average Bonchev–Trinajstić information content (AvgIpc) is 2.88. The number of nitrogens with one attached hydrogen (secondary N) is 1. The molecule has 4 aromatic carbocycles. The molecule has 0 aliphatic heterocycles. The third kappa shape index (κ3) is 4.85. The maximum Gasteiger partial charge on any atom is 0.264 e. The standard InChI is InChI=1S/C32H26ClFN2O2/c1-19-14-20(2)30(21(3)15-19)35-31(37)29-28(23-9-5-4-6-10-23)26-17-24(33)12-13-27(26)36(32(29)38)18-22-8-7-11-25(34)16-22/h4-17H,18H2,1-3H3,(H,35,37). The number of pyridine rings is 1. The van der Waals surface area contributed by atoms with E-state index >= 15 is 0 Å². The zero-order valence-corrected chi connectivity index (χ0v) is 22.1. The Morgan fingerprint density at radius 1 is 0.895 bits per heavy atom. The molecule has 1 heterocycles. The van der Waals surface area contributed by atoms with Crippen LogP contribution in [0.2, 0.25) is 5.02 Å². The van der Waals surface area contributed by atoms with E-state index in [4.69, 9.17) is 11.6 Å². The van der Waals surface area contributed by atoms with Gasteiger partial charge in [-0.25, -0.2) is 4.39 Å². The van der Waals surface area contributed by atoms with Gasteiger partial charge in [0, 0.05) is 21.7 Å². The minimum absolute atomic E-state index is 0.00162. The quantitative estimate of drug-likeness (QED) is 0.256. The zero-order chi connectivity index (χ0) is 27.0. The van der Waals surface area contributed by atoms with Crippen molar-refractivity contribution in [2.45, 2.75) is 27.3 Å². The van der Waals surface area contributed by atoms with E-state index in [9.17, 15) is 14.0 Å². The van der Waals surface area contributed by atoms with Crippen LogP contribution in [-0.2, 0) is 6.54 Å². The highest BCUT2D eigenvalue weighted by atomic mass is 35.5. The number of carbonyl (C=O) groups excluding carboxylic acids is 1. The number of halogens is 2. The van der Waals surface area contributed by atoms with Crippen LogP contribution in [0.1, 0.15) is 32.6 Å². The summed E-state index contributed by atoms with van der Waals surface area (Å²) in [7, 11) is 0. The molecule has 0 spiro atoms. The van der Waals surface area contributed by atoms with Crippen LogP contribution in [0.3, 0.4) is 0 Å². The molecule has 1 aromatic heterocycles. The second-order valence-corrected chi connectivity index (χ2v) is 9.96. The molecule has 6 heteroatoms. The van der Waals surface area contributed by atoms with Gasteiger partial charge in [-0.05, 0) is 73.4 Å². The number of carbonyl (C=O) groups is 1. The van der Waals surface area contributed by atoms with Crippen LogP contribution in [0.5, 0.6) is 0 Å². The summed E-state index contributed by atoms with van der Waals surface area (Å²) in [6, 6.07) is 24.6. The summed E-state index contributed by atoms with van der Waals surface area (Å²) < 4.78 is 15.5. The van der Waals surface area contributed by atoms with Gasteiger partial charge in [0.05, 0.1) is 12.1 Å². The van der Waals surface area contributed by atoms with Gasteiger partial charge in [-0.2, -0.15) is 0 Å². The summed E-state index contributed by atoms with van der Waals surface area (Å²) in [5, 5.41) is 4.14. The third-order valence-electron chi connectivity index (χ3n) is 6.66. The predicted octanol–water partition coefficient (Wildman–Crippen LogP) is 7.69. The van der Waals surface area contributed by atoms with Crippen LogP contribution in [0.15, 0.2) is 89.7 Å². The molecule has 1 N–H and O–H groups in total. The van der Waals surface area contributed by atoms with Gasteiger partial charge in [-0.15, -0.1) is 0 Å². The predicted molar refractivity (Wildman–Crippen MR) is 153 cm³/mol. The van der Waals surface area contributed by atoms with E-state index in [1.807, 2.05) is 63.2 Å². The number of anilines is 1. The average molecular weight is 525 g/mol. The molecule has 0 aliphatic rings. The van der Waals surface area contributed by atoms with Crippen LogP contribution < -0.4 is 10.9 Å². The zero-order valence-electron chi connectivity index (χ0n) is 21.3. The highest BCUT2D eigenvalue weighted by Gasteiger charge is 2.25. The number of hydrogen-bond acceptors (Lipinski definition) is 2. The molecule has 190 valence electrons. The Balaban J connectivity index is 1.80. The lowest BCUT2D eigenvalue weighted by Crippen LogP contribution is -2.31. The van der Waals surface area contributed by atoms with Gasteiger partial charge in [0.1, 0.15) is 11.4 Å². The number of nitrogens with zero attached hydrogens (tertiary/aromatic N) is 1. The van der Waals surface area contributed by atoms with Gasteiger partial charge in [-0.1, -0.05) is 71.8 Å². The minimum atomic E-state index is -0.515. The number of hydrogen-bond donors (Lipinski definition) is 1. The minimum Gasteiger partial charge on any atom is -0.321 e. The molecular formula is C32H26ClFN2O2. The van der Waals surface area contributed by atoms with Crippen molar-refractivity contribution in [3.8, 4) is 11.1 Å². The third-order valence-corrected chi connectivity index (χ3v) is 6.90. The van der Waals surface area contributed by atoms with Gasteiger partial charge >= 0.3 is 0 Å². The van der Waals surface area contributed by atoms with Gasteiger partial charge in [0.15, 0.2) is 0 Å². The fourth-order valence-electron chi connectivity index (χ4n) is 5.07. The SMILES string of the molecule is Cc1cc(C)c(NC(=O)c2c(-c3ccccc3)c3cc(Cl)ccc3n(Cc3cccc(F)c3)c2=O)c(C)c1. The fraction of sp³-hybridized carbons (Fsp3) is 0.125. The maximum atomic E-state index is 14.2. The van der Waals surface area contributed by atoms with E-state index in [1.165, 1.54) is 16.7 Å². The van der Waals surface area contributed by atoms with Gasteiger partial charge in [-0.3, -0.25) is 9.59 Å². The van der Waals surface area contributed by atoms with Crippen molar-refractivity contribution in [2.75, 3.05) is 5.32 Å². The van der Waals surface area contributed by atoms with E-state index in [2.05, 4.69) is 5.32 Å². The summed E-state index contributed by atoms with van der Waals surface area (Å²) in [5.41, 5.74) is 5.52. The van der Waals surface area contributed by atoms with Crippen LogP contribution in [0.4, 0.5) is 10.1 Å². The molecule has 0 saturated heterocycles. The van der Waals surface area contributed by atoms with Crippen LogP contribution >= 0.6 is 11.6 Å². The van der Waals surface area contributed by atoms with Crippen molar-refractivity contribution >= 4 is 34.1 Å². The fourth-order valence-corrected chi connectivity index (χ4v) is 5.25. The summed E-state index contributed by atoms with van der Waals surface area (Å²) in [5.74, 6) is -0.911. The normalized spacial score (nSPS) is 11.1. The van der Waals surface area contributed by atoms with Crippen LogP contribution in [-0.4, -0.2) is 10.5 Å². The maximum absolute atomic E-state index is 14.2. The van der Waals surface area contributed by atoms with E-state index in [1.54, 1.807) is 30.3 Å². The van der Waals surface area contributed by atoms with E-state index < -0.39 is 17.3 Å². The molecule has 0 unspecified atom stereocenters. The number of benzene rings is 4. The molecule has 5 rings (SSSR count). The first-order valence-electron chi connectivity index (χ1n) is 12.3. The molecule has 5 aromatic rings. The van der Waals surface area contributed by atoms with Crippen molar-refractivity contribution < 1.29 is 9.18 Å². The molecule has 0 bridgehead atoms. The summed E-state index contributed by atoms with van der Waals surface area (Å²) in [6.45, 7) is 5.94. The first-order chi connectivity index (χ1) is 18.2. The molecule has 0 aliphatic carbocycles. The second-order valence-electron chi connectivity index (χ2n) is 9.53. The van der Waals surface area contributed by atoms with Crippen molar-refractivity contribution in [1.29, 1.82) is 0 Å². The topological polar surface area (TPSA) is 51.1 Å². The lowest BCUT2D eigenvalue weighted by Gasteiger charge is -2.20. The van der Waals surface area contributed by atoms with Crippen molar-refractivity contribution in [3.63, 3.8) is 0 Å². The van der Waals surface area contributed by atoms with Crippen LogP contribution in [0.25, 0.3) is 22.0 Å². The lowest BCUT2D eigenvalue weighted by molar-refractivity contribution is 0.102. The van der Waals surface area contributed by atoms with E-state index in [-0.39, 0.29) is 12.1 Å². The number of aryl methyl sites for hydroxylation is 3. The highest BCUT2D eigenvalue weighted by molar-refractivity contribution is 6.31. The lowest BCUT2D eigenvalue weighted by atomic mass is 9.94. The molecule has 0 saturated carbocycles. The molecule has 38 heavy (non-hydrogen) atoms. The first kappa shape index (κ1) is 25.4. The Bertz CT molecular complexity index is 1740. The smallest absolute Gasteiger partial charge is 0.264 e. The highest BCUT2D eigenvalue weighted by Crippen LogP contribution is 2.33. The summed E-state index contributed by atoms with van der Waals surface area (Å²) in [6.07, 6.45) is 0. The van der Waals surface area contributed by atoms with Crippen molar-refractivity contribution in [1.82, 2.24) is 4.57 Å².